The van der Waals surface area contributed by atoms with Crippen molar-refractivity contribution in [1.82, 2.24) is 4.90 Å². The standard InChI is InChI=1S/C21H21NO3S/c1-3-13-22-20(23)18(16-9-11-17(25-2)12-10-16)19(21(22)24)26-14-15-7-5-4-6-8-15/h4-12H,3,13-14H2,1-2H3. The Kier molecular flexibility index (Phi) is 5.78. The van der Waals surface area contributed by atoms with Crippen molar-refractivity contribution in [2.45, 2.75) is 19.1 Å². The number of benzene rings is 2. The molecular formula is C21H21NO3S. The number of imide groups is 1. The highest BCUT2D eigenvalue weighted by Crippen LogP contribution is 2.37. The van der Waals surface area contributed by atoms with E-state index in [1.165, 1.54) is 16.7 Å². The number of amides is 2. The van der Waals surface area contributed by atoms with Gasteiger partial charge in [0.2, 0.25) is 0 Å². The van der Waals surface area contributed by atoms with Gasteiger partial charge in [-0.05, 0) is 29.7 Å². The first-order valence-electron chi connectivity index (χ1n) is 8.57. The van der Waals surface area contributed by atoms with E-state index in [-0.39, 0.29) is 11.8 Å². The first-order chi connectivity index (χ1) is 12.7. The lowest BCUT2D eigenvalue weighted by Crippen LogP contribution is -2.32. The van der Waals surface area contributed by atoms with E-state index in [1.807, 2.05) is 61.5 Å². The van der Waals surface area contributed by atoms with Gasteiger partial charge < -0.3 is 4.74 Å². The smallest absolute Gasteiger partial charge is 0.267 e. The Bertz CT molecular complexity index is 828. The molecule has 5 heteroatoms. The molecule has 134 valence electrons. The first kappa shape index (κ1) is 18.3. The molecular weight excluding hydrogens is 346 g/mol. The lowest BCUT2D eigenvalue weighted by atomic mass is 10.1. The number of carbonyl (C=O) groups is 2. The SMILES string of the molecule is CCCN1C(=O)C(SCc2ccccc2)=C(c2ccc(OC)cc2)C1=O. The molecule has 0 saturated carbocycles. The number of ether oxygens (including phenoxy) is 1. The molecule has 4 nitrogen and oxygen atoms in total. The fraction of sp³-hybridized carbons (Fsp3) is 0.238. The van der Waals surface area contributed by atoms with E-state index in [0.717, 1.165) is 23.3 Å². The molecule has 1 aliphatic heterocycles. The zero-order chi connectivity index (χ0) is 18.5. The minimum atomic E-state index is -0.211. The molecule has 0 aliphatic carbocycles. The van der Waals surface area contributed by atoms with Crippen LogP contribution in [-0.2, 0) is 15.3 Å². The van der Waals surface area contributed by atoms with Crippen molar-refractivity contribution >= 4 is 29.1 Å². The summed E-state index contributed by atoms with van der Waals surface area (Å²) in [6.07, 6.45) is 0.740. The molecule has 2 aromatic carbocycles. The summed E-state index contributed by atoms with van der Waals surface area (Å²) in [5.74, 6) is 0.964. The Labute approximate surface area is 157 Å². The van der Waals surface area contributed by atoms with Crippen LogP contribution in [0, 0.1) is 0 Å². The Balaban J connectivity index is 1.95. The first-order valence-corrected chi connectivity index (χ1v) is 9.56. The van der Waals surface area contributed by atoms with Crippen molar-refractivity contribution in [2.24, 2.45) is 0 Å². The predicted molar refractivity (Wildman–Crippen MR) is 105 cm³/mol. The molecule has 3 rings (SSSR count). The largest absolute Gasteiger partial charge is 0.497 e. The summed E-state index contributed by atoms with van der Waals surface area (Å²) in [4.78, 5) is 27.6. The summed E-state index contributed by atoms with van der Waals surface area (Å²) in [5, 5.41) is 0. The molecule has 0 N–H and O–H groups in total. The Morgan fingerprint density at radius 3 is 2.27 bits per heavy atom. The predicted octanol–water partition coefficient (Wildman–Crippen LogP) is 4.12. The lowest BCUT2D eigenvalue weighted by Gasteiger charge is -2.13. The van der Waals surface area contributed by atoms with Crippen LogP contribution in [0.15, 0.2) is 59.5 Å². The van der Waals surface area contributed by atoms with Crippen LogP contribution in [-0.4, -0.2) is 30.4 Å². The van der Waals surface area contributed by atoms with Gasteiger partial charge in [-0.25, -0.2) is 0 Å². The highest BCUT2D eigenvalue weighted by molar-refractivity contribution is 8.03. The minimum absolute atomic E-state index is 0.191. The van der Waals surface area contributed by atoms with Crippen LogP contribution in [0.4, 0.5) is 0 Å². The van der Waals surface area contributed by atoms with Crippen molar-refractivity contribution in [1.29, 1.82) is 0 Å². The number of hydrogen-bond donors (Lipinski definition) is 0. The van der Waals surface area contributed by atoms with E-state index in [1.54, 1.807) is 7.11 Å². The van der Waals surface area contributed by atoms with E-state index in [4.69, 9.17) is 4.74 Å². The van der Waals surface area contributed by atoms with Crippen molar-refractivity contribution in [3.8, 4) is 5.75 Å². The molecule has 26 heavy (non-hydrogen) atoms. The van der Waals surface area contributed by atoms with E-state index in [9.17, 15) is 9.59 Å². The summed E-state index contributed by atoms with van der Waals surface area (Å²) in [6, 6.07) is 17.2. The number of thioether (sulfide) groups is 1. The van der Waals surface area contributed by atoms with Crippen molar-refractivity contribution in [2.75, 3.05) is 13.7 Å². The number of carbonyl (C=O) groups excluding carboxylic acids is 2. The maximum absolute atomic E-state index is 12.9. The highest BCUT2D eigenvalue weighted by atomic mass is 32.2. The van der Waals surface area contributed by atoms with Gasteiger partial charge in [-0.1, -0.05) is 49.4 Å². The molecule has 0 fully saturated rings. The molecule has 0 radical (unpaired) electrons. The van der Waals surface area contributed by atoms with Crippen LogP contribution in [0.1, 0.15) is 24.5 Å². The summed E-state index contributed by atoms with van der Waals surface area (Å²) < 4.78 is 5.19. The highest BCUT2D eigenvalue weighted by Gasteiger charge is 2.38. The zero-order valence-electron chi connectivity index (χ0n) is 14.9. The summed E-state index contributed by atoms with van der Waals surface area (Å²) in [5.41, 5.74) is 2.36. The van der Waals surface area contributed by atoms with Crippen LogP contribution in [0.2, 0.25) is 0 Å². The summed E-state index contributed by atoms with van der Waals surface area (Å²) in [6.45, 7) is 2.40. The third-order valence-corrected chi connectivity index (χ3v) is 5.32. The van der Waals surface area contributed by atoms with Gasteiger partial charge in [-0.2, -0.15) is 0 Å². The van der Waals surface area contributed by atoms with Crippen LogP contribution in [0.3, 0.4) is 0 Å². The van der Waals surface area contributed by atoms with Gasteiger partial charge in [-0.15, -0.1) is 11.8 Å². The molecule has 0 unspecified atom stereocenters. The third kappa shape index (κ3) is 3.68. The van der Waals surface area contributed by atoms with Crippen LogP contribution in [0.25, 0.3) is 5.57 Å². The molecule has 0 saturated heterocycles. The van der Waals surface area contributed by atoms with E-state index in [0.29, 0.717) is 22.8 Å². The van der Waals surface area contributed by atoms with Gasteiger partial charge in [0.25, 0.3) is 11.8 Å². The van der Waals surface area contributed by atoms with Crippen molar-refractivity contribution < 1.29 is 14.3 Å². The monoisotopic (exact) mass is 367 g/mol. The van der Waals surface area contributed by atoms with E-state index < -0.39 is 0 Å². The maximum Gasteiger partial charge on any atom is 0.267 e. The fourth-order valence-electron chi connectivity index (χ4n) is 2.86. The van der Waals surface area contributed by atoms with Crippen LogP contribution in [0.5, 0.6) is 5.75 Å². The Hall–Kier alpha value is -2.53. The van der Waals surface area contributed by atoms with Crippen LogP contribution < -0.4 is 4.74 Å². The molecule has 2 amide bonds. The van der Waals surface area contributed by atoms with Gasteiger partial charge in [0.05, 0.1) is 17.6 Å². The molecule has 1 heterocycles. The summed E-state index contributed by atoms with van der Waals surface area (Å²) in [7, 11) is 1.60. The topological polar surface area (TPSA) is 46.6 Å². The van der Waals surface area contributed by atoms with E-state index >= 15 is 0 Å². The average molecular weight is 367 g/mol. The third-order valence-electron chi connectivity index (χ3n) is 4.18. The normalized spacial score (nSPS) is 14.3. The van der Waals surface area contributed by atoms with Gasteiger partial charge in [0.15, 0.2) is 0 Å². The number of hydrogen-bond acceptors (Lipinski definition) is 4. The summed E-state index contributed by atoms with van der Waals surface area (Å²) >= 11 is 1.43. The van der Waals surface area contributed by atoms with E-state index in [2.05, 4.69) is 0 Å². The minimum Gasteiger partial charge on any atom is -0.497 e. The quantitative estimate of drug-likeness (QED) is 0.691. The Morgan fingerprint density at radius 2 is 1.65 bits per heavy atom. The van der Waals surface area contributed by atoms with Crippen molar-refractivity contribution in [3.63, 3.8) is 0 Å². The molecule has 0 spiro atoms. The number of rotatable bonds is 7. The zero-order valence-corrected chi connectivity index (χ0v) is 15.7. The maximum atomic E-state index is 12.9. The Morgan fingerprint density at radius 1 is 0.962 bits per heavy atom. The molecule has 0 atom stereocenters. The molecule has 2 aromatic rings. The lowest BCUT2D eigenvalue weighted by molar-refractivity contribution is -0.136. The van der Waals surface area contributed by atoms with Crippen molar-refractivity contribution in [3.05, 3.63) is 70.6 Å². The fourth-order valence-corrected chi connectivity index (χ4v) is 3.94. The number of nitrogens with zero attached hydrogens (tertiary/aromatic N) is 1. The van der Waals surface area contributed by atoms with Crippen LogP contribution >= 0.6 is 11.8 Å². The molecule has 1 aliphatic rings. The van der Waals surface area contributed by atoms with Gasteiger partial charge in [0.1, 0.15) is 5.75 Å². The number of methoxy groups -OCH3 is 1. The average Bonchev–Trinajstić information content (AvgIpc) is 2.92. The second-order valence-corrected chi connectivity index (χ2v) is 6.95. The second-order valence-electron chi connectivity index (χ2n) is 5.97. The molecule has 0 aromatic heterocycles. The van der Waals surface area contributed by atoms with Gasteiger partial charge in [-0.3, -0.25) is 14.5 Å². The van der Waals surface area contributed by atoms with Gasteiger partial charge >= 0.3 is 0 Å². The van der Waals surface area contributed by atoms with Gasteiger partial charge in [0, 0.05) is 12.3 Å². The molecule has 0 bridgehead atoms. The second kappa shape index (κ2) is 8.23.